The molecule has 2 aromatic rings. The molecule has 3 aliphatic rings. The van der Waals surface area contributed by atoms with Crippen molar-refractivity contribution in [2.45, 2.75) is 44.7 Å². The van der Waals surface area contributed by atoms with Gasteiger partial charge in [0.25, 0.3) is 0 Å². The molecule has 0 bridgehead atoms. The van der Waals surface area contributed by atoms with E-state index >= 15 is 0 Å². The Morgan fingerprint density at radius 1 is 1.19 bits per heavy atom. The van der Waals surface area contributed by atoms with E-state index in [0.29, 0.717) is 18.4 Å². The molecule has 9 heteroatoms. The van der Waals surface area contributed by atoms with E-state index in [2.05, 4.69) is 21.1 Å². The molecule has 1 aromatic heterocycles. The van der Waals surface area contributed by atoms with Crippen molar-refractivity contribution in [1.82, 2.24) is 15.0 Å². The van der Waals surface area contributed by atoms with Gasteiger partial charge < -0.3 is 10.1 Å². The predicted octanol–water partition coefficient (Wildman–Crippen LogP) is 4.37. The highest BCUT2D eigenvalue weighted by atomic mass is 32.2. The lowest BCUT2D eigenvalue weighted by Crippen LogP contribution is -2.50. The Morgan fingerprint density at radius 3 is 2.81 bits per heavy atom. The van der Waals surface area contributed by atoms with Crippen LogP contribution in [0.25, 0.3) is 17.2 Å². The zero-order chi connectivity index (χ0) is 25.3. The maximum atomic E-state index is 13.6. The van der Waals surface area contributed by atoms with E-state index in [4.69, 9.17) is 4.74 Å². The fourth-order valence-corrected chi connectivity index (χ4v) is 8.14. The molecule has 2 aliphatic carbocycles. The average molecular weight is 514 g/mol. The number of benzene rings is 1. The molecule has 192 valence electrons. The van der Waals surface area contributed by atoms with Crippen LogP contribution in [0.4, 0.5) is 9.18 Å². The Morgan fingerprint density at radius 2 is 2.06 bits per heavy atom. The van der Waals surface area contributed by atoms with Crippen LogP contribution in [0.3, 0.4) is 0 Å². The summed E-state index contributed by atoms with van der Waals surface area (Å²) in [6.45, 7) is 2.12. The molecule has 3 fully saturated rings. The Bertz CT molecular complexity index is 1230. The van der Waals surface area contributed by atoms with Crippen LogP contribution in [0.1, 0.15) is 38.3 Å². The normalized spacial score (nSPS) is 30.9. The van der Waals surface area contributed by atoms with Gasteiger partial charge in [-0.05, 0) is 86.1 Å². The van der Waals surface area contributed by atoms with Crippen LogP contribution in [-0.4, -0.2) is 43.9 Å². The summed E-state index contributed by atoms with van der Waals surface area (Å²) < 4.78 is 46.4. The van der Waals surface area contributed by atoms with Gasteiger partial charge in [-0.25, -0.2) is 22.3 Å². The van der Waals surface area contributed by atoms with Crippen molar-refractivity contribution in [3.63, 3.8) is 0 Å². The maximum absolute atomic E-state index is 13.6. The van der Waals surface area contributed by atoms with Gasteiger partial charge in [0.2, 0.25) is 10.0 Å². The van der Waals surface area contributed by atoms with Crippen molar-refractivity contribution >= 4 is 22.2 Å². The largest absolute Gasteiger partial charge is 0.450 e. The first-order chi connectivity index (χ1) is 17.3. The van der Waals surface area contributed by atoms with Gasteiger partial charge in [-0.15, -0.1) is 0 Å². The number of allylic oxidation sites excluding steroid dienone is 1. The van der Waals surface area contributed by atoms with Crippen LogP contribution >= 0.6 is 0 Å². The number of aromatic nitrogens is 1. The molecule has 1 aliphatic heterocycles. The third-order valence-corrected chi connectivity index (χ3v) is 9.36. The predicted molar refractivity (Wildman–Crippen MR) is 136 cm³/mol. The lowest BCUT2D eigenvalue weighted by Gasteiger charge is -2.47. The van der Waals surface area contributed by atoms with Crippen LogP contribution in [0.2, 0.25) is 0 Å². The lowest BCUT2D eigenvalue weighted by atomic mass is 9.59. The van der Waals surface area contributed by atoms with Crippen molar-refractivity contribution in [2.75, 3.05) is 12.4 Å². The van der Waals surface area contributed by atoms with Crippen LogP contribution < -0.4 is 10.0 Å². The molecular formula is C27H32FN3O4S. The second-order valence-corrected chi connectivity index (χ2v) is 11.9. The van der Waals surface area contributed by atoms with Gasteiger partial charge in [-0.1, -0.05) is 24.3 Å². The van der Waals surface area contributed by atoms with E-state index in [1.54, 1.807) is 19.2 Å². The van der Waals surface area contributed by atoms with E-state index in [9.17, 15) is 17.6 Å². The quantitative estimate of drug-likeness (QED) is 0.619. The first kappa shape index (κ1) is 24.9. The SMILES string of the molecule is CCOC(=O)N[C@H]1CC[C@@H]2[C@@H](C1)C[C@H]1NS(=O)(=O)C[C@H]1[C@H]2/C=C/c1ccc(-c2cccc(F)c2)cn1. The molecule has 0 unspecified atom stereocenters. The lowest BCUT2D eigenvalue weighted by molar-refractivity contribution is 0.0606. The molecule has 0 spiro atoms. The van der Waals surface area contributed by atoms with E-state index in [1.807, 2.05) is 24.3 Å². The van der Waals surface area contributed by atoms with Crippen molar-refractivity contribution in [1.29, 1.82) is 0 Å². The molecule has 1 amide bonds. The number of hydrogen-bond acceptors (Lipinski definition) is 5. The summed E-state index contributed by atoms with van der Waals surface area (Å²) in [6.07, 6.45) is 8.84. The minimum Gasteiger partial charge on any atom is -0.450 e. The van der Waals surface area contributed by atoms with E-state index in [1.165, 1.54) is 12.1 Å². The van der Waals surface area contributed by atoms with Gasteiger partial charge in [0.05, 0.1) is 18.1 Å². The maximum Gasteiger partial charge on any atom is 0.407 e. The number of fused-ring (bicyclic) bond motifs is 2. The first-order valence-corrected chi connectivity index (χ1v) is 14.3. The Balaban J connectivity index is 1.33. The van der Waals surface area contributed by atoms with Gasteiger partial charge in [0, 0.05) is 23.8 Å². The smallest absolute Gasteiger partial charge is 0.407 e. The van der Waals surface area contributed by atoms with Crippen LogP contribution in [-0.2, 0) is 14.8 Å². The summed E-state index contributed by atoms with van der Waals surface area (Å²) in [4.78, 5) is 16.5. The molecule has 2 N–H and O–H groups in total. The standard InChI is InChI=1S/C27H32FN3O4S/c1-2-35-27(32)30-22-9-10-23-19(13-22)14-26-25(16-36(33,34)31-26)24(23)11-8-21-7-6-18(15-29-21)17-4-3-5-20(28)12-17/h3-8,11-12,15,19,22-26,31H,2,9-10,13-14,16H2,1H3,(H,30,32)/b11-8+/t19-,22-,23+,24-,25-,26+/m0/s1. The topological polar surface area (TPSA) is 97.4 Å². The van der Waals surface area contributed by atoms with Gasteiger partial charge in [-0.2, -0.15) is 0 Å². The highest BCUT2D eigenvalue weighted by Crippen LogP contribution is 2.49. The summed E-state index contributed by atoms with van der Waals surface area (Å²) in [6, 6.07) is 10.2. The number of nitrogens with zero attached hydrogens (tertiary/aromatic N) is 1. The minimum atomic E-state index is -3.29. The number of nitrogens with one attached hydrogen (secondary N) is 2. The average Bonchev–Trinajstić information content (AvgIpc) is 3.15. The van der Waals surface area contributed by atoms with Crippen LogP contribution in [0.5, 0.6) is 0 Å². The van der Waals surface area contributed by atoms with Crippen molar-refractivity contribution in [3.05, 3.63) is 60.2 Å². The van der Waals surface area contributed by atoms with E-state index in [0.717, 1.165) is 42.5 Å². The van der Waals surface area contributed by atoms with Crippen LogP contribution in [0, 0.1) is 29.5 Å². The molecule has 5 rings (SSSR count). The van der Waals surface area contributed by atoms with Crippen molar-refractivity contribution in [3.8, 4) is 11.1 Å². The Kier molecular flexibility index (Phi) is 7.12. The number of carbonyl (C=O) groups excluding carboxylic acids is 1. The number of hydrogen-bond donors (Lipinski definition) is 2. The molecule has 0 radical (unpaired) electrons. The number of halogens is 1. The second-order valence-electron chi connectivity index (χ2n) is 10.1. The van der Waals surface area contributed by atoms with Gasteiger partial charge in [-0.3, -0.25) is 4.98 Å². The van der Waals surface area contributed by atoms with Gasteiger partial charge in [0.15, 0.2) is 0 Å². The summed E-state index contributed by atoms with van der Waals surface area (Å²) >= 11 is 0. The minimum absolute atomic E-state index is 0.0219. The van der Waals surface area contributed by atoms with Crippen molar-refractivity contribution < 1.29 is 22.3 Å². The number of carbonyl (C=O) groups is 1. The monoisotopic (exact) mass is 513 g/mol. The third kappa shape index (κ3) is 5.47. The Hall–Kier alpha value is -2.78. The number of amides is 1. The molecule has 1 aromatic carbocycles. The summed E-state index contributed by atoms with van der Waals surface area (Å²) in [7, 11) is -3.29. The third-order valence-electron chi connectivity index (χ3n) is 7.88. The molecular weight excluding hydrogens is 481 g/mol. The molecule has 2 saturated carbocycles. The van der Waals surface area contributed by atoms with Crippen molar-refractivity contribution in [2.24, 2.45) is 23.7 Å². The number of alkyl carbamates (subject to hydrolysis) is 1. The number of sulfonamides is 1. The Labute approximate surface area is 211 Å². The number of pyridine rings is 1. The molecule has 2 heterocycles. The zero-order valence-electron chi connectivity index (χ0n) is 20.3. The molecule has 36 heavy (non-hydrogen) atoms. The fourth-order valence-electron chi connectivity index (χ4n) is 6.36. The highest BCUT2D eigenvalue weighted by Gasteiger charge is 2.51. The molecule has 6 atom stereocenters. The first-order valence-electron chi connectivity index (χ1n) is 12.6. The summed E-state index contributed by atoms with van der Waals surface area (Å²) in [5, 5.41) is 2.97. The number of ether oxygens (including phenoxy) is 1. The summed E-state index contributed by atoms with van der Waals surface area (Å²) in [5.74, 6) is 0.646. The number of rotatable bonds is 5. The van der Waals surface area contributed by atoms with Gasteiger partial charge in [0.1, 0.15) is 5.82 Å². The van der Waals surface area contributed by atoms with Crippen LogP contribution in [0.15, 0.2) is 48.7 Å². The van der Waals surface area contributed by atoms with E-state index in [-0.39, 0.29) is 41.6 Å². The zero-order valence-corrected chi connectivity index (χ0v) is 21.1. The highest BCUT2D eigenvalue weighted by molar-refractivity contribution is 7.89. The van der Waals surface area contributed by atoms with E-state index < -0.39 is 10.0 Å². The fraction of sp³-hybridized carbons (Fsp3) is 0.481. The second kappa shape index (κ2) is 10.3. The molecule has 7 nitrogen and oxygen atoms in total. The summed E-state index contributed by atoms with van der Waals surface area (Å²) in [5.41, 5.74) is 2.38. The van der Waals surface area contributed by atoms with Gasteiger partial charge >= 0.3 is 6.09 Å². The molecule has 1 saturated heterocycles.